The topological polar surface area (TPSA) is 83.6 Å². The molecule has 1 aliphatic carbocycles. The SMILES string of the molecule is CCCS(=O)(=O)CCN1C(=O)C2(CCCC2)NC(=O)C1C. The maximum atomic E-state index is 12.7. The number of nitrogens with zero attached hydrogens (tertiary/aromatic N) is 1. The van der Waals surface area contributed by atoms with Crippen molar-refractivity contribution in [2.24, 2.45) is 0 Å². The van der Waals surface area contributed by atoms with Crippen LogP contribution < -0.4 is 5.32 Å². The first kappa shape index (κ1) is 16.3. The molecule has 1 atom stereocenters. The second-order valence-electron chi connectivity index (χ2n) is 6.10. The molecule has 0 radical (unpaired) electrons. The lowest BCUT2D eigenvalue weighted by Crippen LogP contribution is -2.69. The number of hydrogen-bond donors (Lipinski definition) is 1. The molecule has 120 valence electrons. The summed E-state index contributed by atoms with van der Waals surface area (Å²) in [5, 5.41) is 2.86. The Morgan fingerprint density at radius 3 is 2.43 bits per heavy atom. The molecule has 0 bridgehead atoms. The Kier molecular flexibility index (Phi) is 4.60. The van der Waals surface area contributed by atoms with Crippen LogP contribution in [0.25, 0.3) is 0 Å². The number of sulfone groups is 1. The van der Waals surface area contributed by atoms with Crippen molar-refractivity contribution in [3.05, 3.63) is 0 Å². The molecule has 1 N–H and O–H groups in total. The maximum Gasteiger partial charge on any atom is 0.249 e. The van der Waals surface area contributed by atoms with Crippen LogP contribution in [0.5, 0.6) is 0 Å². The number of carbonyl (C=O) groups is 2. The van der Waals surface area contributed by atoms with E-state index in [0.717, 1.165) is 12.8 Å². The fourth-order valence-electron chi connectivity index (χ4n) is 3.25. The minimum Gasteiger partial charge on any atom is -0.340 e. The molecule has 0 aromatic rings. The van der Waals surface area contributed by atoms with Crippen LogP contribution in [0.1, 0.15) is 46.0 Å². The molecule has 0 aromatic heterocycles. The molecule has 1 aliphatic heterocycles. The van der Waals surface area contributed by atoms with Gasteiger partial charge < -0.3 is 10.2 Å². The summed E-state index contributed by atoms with van der Waals surface area (Å²) in [6.07, 6.45) is 3.71. The van der Waals surface area contributed by atoms with Crippen molar-refractivity contribution in [3.8, 4) is 0 Å². The standard InChI is InChI=1S/C14H24N2O4S/c1-3-9-21(19,20)10-8-16-11(2)12(17)15-14(13(16)18)6-4-5-7-14/h11H,3-10H2,1-2H3,(H,15,17). The zero-order valence-corrected chi connectivity index (χ0v) is 13.5. The van der Waals surface area contributed by atoms with Crippen LogP contribution in [-0.4, -0.2) is 54.8 Å². The van der Waals surface area contributed by atoms with E-state index in [2.05, 4.69) is 5.32 Å². The third-order valence-corrected chi connectivity index (χ3v) is 6.33. The van der Waals surface area contributed by atoms with Crippen molar-refractivity contribution < 1.29 is 18.0 Å². The van der Waals surface area contributed by atoms with Crippen LogP contribution in [0, 0.1) is 0 Å². The molecule has 2 aliphatic rings. The van der Waals surface area contributed by atoms with Gasteiger partial charge in [0.15, 0.2) is 9.84 Å². The highest BCUT2D eigenvalue weighted by molar-refractivity contribution is 7.91. The fraction of sp³-hybridized carbons (Fsp3) is 0.857. The summed E-state index contributed by atoms with van der Waals surface area (Å²) in [4.78, 5) is 26.3. The second kappa shape index (κ2) is 5.94. The Morgan fingerprint density at radius 1 is 1.24 bits per heavy atom. The number of nitrogens with one attached hydrogen (secondary N) is 1. The molecule has 2 amide bonds. The molecule has 1 unspecified atom stereocenters. The van der Waals surface area contributed by atoms with Crippen molar-refractivity contribution in [3.63, 3.8) is 0 Å². The fourth-order valence-corrected chi connectivity index (χ4v) is 4.55. The molecule has 1 heterocycles. The molecule has 2 rings (SSSR count). The van der Waals surface area contributed by atoms with Crippen molar-refractivity contribution in [1.29, 1.82) is 0 Å². The molecule has 21 heavy (non-hydrogen) atoms. The predicted octanol–water partition coefficient (Wildman–Crippen LogP) is 0.471. The van der Waals surface area contributed by atoms with E-state index < -0.39 is 21.4 Å². The highest BCUT2D eigenvalue weighted by Crippen LogP contribution is 2.34. The van der Waals surface area contributed by atoms with Gasteiger partial charge in [-0.05, 0) is 26.2 Å². The monoisotopic (exact) mass is 316 g/mol. The number of rotatable bonds is 5. The first-order valence-electron chi connectivity index (χ1n) is 7.65. The van der Waals surface area contributed by atoms with Crippen molar-refractivity contribution in [2.45, 2.75) is 57.5 Å². The molecule has 1 saturated carbocycles. The van der Waals surface area contributed by atoms with Crippen LogP contribution in [0.4, 0.5) is 0 Å². The summed E-state index contributed by atoms with van der Waals surface area (Å²) in [6, 6.07) is -0.597. The maximum absolute atomic E-state index is 12.7. The van der Waals surface area contributed by atoms with E-state index in [4.69, 9.17) is 0 Å². The minimum absolute atomic E-state index is 0.0692. The molecule has 2 fully saturated rings. The molecular weight excluding hydrogens is 292 g/mol. The lowest BCUT2D eigenvalue weighted by molar-refractivity contribution is -0.153. The normalized spacial score (nSPS) is 25.4. The van der Waals surface area contributed by atoms with Crippen molar-refractivity contribution in [1.82, 2.24) is 10.2 Å². The van der Waals surface area contributed by atoms with E-state index in [9.17, 15) is 18.0 Å². The molecule has 1 saturated heterocycles. The third-order valence-electron chi connectivity index (χ3n) is 4.50. The van der Waals surface area contributed by atoms with Gasteiger partial charge in [0.25, 0.3) is 0 Å². The smallest absolute Gasteiger partial charge is 0.249 e. The number of carbonyl (C=O) groups excluding carboxylic acids is 2. The summed E-state index contributed by atoms with van der Waals surface area (Å²) in [5.41, 5.74) is -0.780. The first-order valence-corrected chi connectivity index (χ1v) is 9.47. The molecule has 6 nitrogen and oxygen atoms in total. The molecule has 0 aromatic carbocycles. The summed E-state index contributed by atoms with van der Waals surface area (Å²) in [7, 11) is -3.16. The highest BCUT2D eigenvalue weighted by atomic mass is 32.2. The number of amides is 2. The summed E-state index contributed by atoms with van der Waals surface area (Å²) >= 11 is 0. The van der Waals surface area contributed by atoms with E-state index in [1.54, 1.807) is 6.92 Å². The zero-order valence-electron chi connectivity index (χ0n) is 12.7. The lowest BCUT2D eigenvalue weighted by atomic mass is 9.91. The van der Waals surface area contributed by atoms with Gasteiger partial charge in [-0.25, -0.2) is 8.42 Å². The van der Waals surface area contributed by atoms with Gasteiger partial charge in [0.05, 0.1) is 5.75 Å². The van der Waals surface area contributed by atoms with E-state index in [1.165, 1.54) is 4.90 Å². The molecule has 7 heteroatoms. The first-order chi connectivity index (χ1) is 9.81. The van der Waals surface area contributed by atoms with E-state index in [1.807, 2.05) is 6.92 Å². The molecule has 1 spiro atoms. The Bertz CT molecular complexity index is 523. The van der Waals surface area contributed by atoms with Crippen molar-refractivity contribution in [2.75, 3.05) is 18.1 Å². The summed E-state index contributed by atoms with van der Waals surface area (Å²) in [6.45, 7) is 3.58. The quantitative estimate of drug-likeness (QED) is 0.799. The van der Waals surface area contributed by atoms with E-state index >= 15 is 0 Å². The van der Waals surface area contributed by atoms with E-state index in [0.29, 0.717) is 19.3 Å². The van der Waals surface area contributed by atoms with Gasteiger partial charge >= 0.3 is 0 Å². The Balaban J connectivity index is 2.12. The van der Waals surface area contributed by atoms with Gasteiger partial charge in [0.1, 0.15) is 11.6 Å². The van der Waals surface area contributed by atoms with Gasteiger partial charge in [0.2, 0.25) is 11.8 Å². The Labute approximate surface area is 126 Å². The van der Waals surface area contributed by atoms with Gasteiger partial charge in [-0.3, -0.25) is 9.59 Å². The van der Waals surface area contributed by atoms with Crippen LogP contribution in [0.15, 0.2) is 0 Å². The van der Waals surface area contributed by atoms with Gasteiger partial charge in [0, 0.05) is 12.3 Å². The third kappa shape index (κ3) is 3.22. The molecular formula is C14H24N2O4S. The predicted molar refractivity (Wildman–Crippen MR) is 79.5 cm³/mol. The largest absolute Gasteiger partial charge is 0.340 e. The summed E-state index contributed by atoms with van der Waals surface area (Å²) in [5.74, 6) is -0.232. The zero-order chi connectivity index (χ0) is 15.7. The van der Waals surface area contributed by atoms with Gasteiger partial charge in [-0.15, -0.1) is 0 Å². The van der Waals surface area contributed by atoms with Gasteiger partial charge in [-0.2, -0.15) is 0 Å². The Hall–Kier alpha value is -1.11. The second-order valence-corrected chi connectivity index (χ2v) is 8.41. The number of hydrogen-bond acceptors (Lipinski definition) is 4. The lowest BCUT2D eigenvalue weighted by Gasteiger charge is -2.43. The average molecular weight is 316 g/mol. The average Bonchev–Trinajstić information content (AvgIpc) is 2.86. The van der Waals surface area contributed by atoms with Crippen molar-refractivity contribution >= 4 is 21.7 Å². The number of piperazine rings is 1. The van der Waals surface area contributed by atoms with Gasteiger partial charge in [-0.1, -0.05) is 19.8 Å². The highest BCUT2D eigenvalue weighted by Gasteiger charge is 2.50. The summed E-state index contributed by atoms with van der Waals surface area (Å²) < 4.78 is 23.7. The minimum atomic E-state index is -3.16. The van der Waals surface area contributed by atoms with Crippen LogP contribution in [0.2, 0.25) is 0 Å². The van der Waals surface area contributed by atoms with Crippen LogP contribution in [-0.2, 0) is 19.4 Å². The van der Waals surface area contributed by atoms with E-state index in [-0.39, 0.29) is 29.9 Å². The van der Waals surface area contributed by atoms with Crippen LogP contribution in [0.3, 0.4) is 0 Å². The Morgan fingerprint density at radius 2 is 1.86 bits per heavy atom. The van der Waals surface area contributed by atoms with Crippen LogP contribution >= 0.6 is 0 Å².